The molecule has 0 saturated carbocycles. The van der Waals surface area contributed by atoms with Crippen molar-refractivity contribution in [3.8, 4) is 5.75 Å². The second-order valence-electron chi connectivity index (χ2n) is 9.89. The number of ether oxygens (including phenoxy) is 4. The van der Waals surface area contributed by atoms with Crippen molar-refractivity contribution in [3.05, 3.63) is 23.3 Å². The first-order chi connectivity index (χ1) is 18.7. The summed E-state index contributed by atoms with van der Waals surface area (Å²) in [6, 6.07) is 3.70. The number of nitrogens with one attached hydrogen (secondary N) is 1. The van der Waals surface area contributed by atoms with E-state index in [1.807, 2.05) is 39.8 Å². The molecule has 0 aliphatic rings. The Morgan fingerprint density at radius 2 is 1.31 bits per heavy atom. The molecule has 0 aliphatic carbocycles. The standard InChI is InChI=1S/C29H52N4O6/c1-8-33(9-2)22-27(34)30-29-24(3)20-26(21-25(29)4)39-23-28(35)32(7)13-11-15-37-17-19-38-18-16-36-14-10-12-31(5)6/h20-21H,8-19,22-23H2,1-7H3,(H,30,34). The van der Waals surface area contributed by atoms with Crippen LogP contribution in [0.4, 0.5) is 5.69 Å². The predicted octanol–water partition coefficient (Wildman–Crippen LogP) is 2.81. The van der Waals surface area contributed by atoms with Crippen LogP contribution in [0.3, 0.4) is 0 Å². The summed E-state index contributed by atoms with van der Waals surface area (Å²) in [5.41, 5.74) is 2.58. The zero-order valence-electron chi connectivity index (χ0n) is 25.3. The first kappa shape index (κ1) is 34.8. The van der Waals surface area contributed by atoms with E-state index in [2.05, 4.69) is 29.2 Å². The van der Waals surface area contributed by atoms with Crippen LogP contribution in [0.1, 0.15) is 37.8 Å². The SMILES string of the molecule is CCN(CC)CC(=O)Nc1c(C)cc(OCC(=O)N(C)CCCOCCOCCOCCCN(C)C)cc1C. The van der Waals surface area contributed by atoms with Crippen molar-refractivity contribution in [2.24, 2.45) is 0 Å². The van der Waals surface area contributed by atoms with E-state index in [0.29, 0.717) is 51.9 Å². The molecule has 0 bridgehead atoms. The third kappa shape index (κ3) is 15.8. The topological polar surface area (TPSA) is 92.8 Å². The van der Waals surface area contributed by atoms with Gasteiger partial charge in [0.1, 0.15) is 5.75 Å². The van der Waals surface area contributed by atoms with Gasteiger partial charge in [0, 0.05) is 32.5 Å². The van der Waals surface area contributed by atoms with Gasteiger partial charge in [-0.1, -0.05) is 13.8 Å². The van der Waals surface area contributed by atoms with E-state index in [9.17, 15) is 9.59 Å². The lowest BCUT2D eigenvalue weighted by atomic mass is 10.1. The minimum absolute atomic E-state index is 0.0388. The highest BCUT2D eigenvalue weighted by Crippen LogP contribution is 2.26. The number of carbonyl (C=O) groups excluding carboxylic acids is 2. The number of hydrogen-bond donors (Lipinski definition) is 1. The van der Waals surface area contributed by atoms with Crippen LogP contribution in [0.15, 0.2) is 12.1 Å². The van der Waals surface area contributed by atoms with Gasteiger partial charge in [0.15, 0.2) is 6.61 Å². The Hall–Kier alpha value is -2.24. The molecule has 1 rings (SSSR count). The molecule has 10 nitrogen and oxygen atoms in total. The molecule has 1 aromatic rings. The number of amides is 2. The number of anilines is 1. The van der Waals surface area contributed by atoms with Gasteiger partial charge in [0.2, 0.25) is 5.91 Å². The monoisotopic (exact) mass is 552 g/mol. The van der Waals surface area contributed by atoms with Gasteiger partial charge in [-0.05, 0) is 83.7 Å². The summed E-state index contributed by atoms with van der Waals surface area (Å²) in [5.74, 6) is 0.467. The van der Waals surface area contributed by atoms with E-state index in [1.54, 1.807) is 11.9 Å². The van der Waals surface area contributed by atoms with Crippen molar-refractivity contribution in [3.63, 3.8) is 0 Å². The normalized spacial score (nSPS) is 11.3. The average Bonchev–Trinajstić information content (AvgIpc) is 2.90. The maximum absolute atomic E-state index is 12.5. The van der Waals surface area contributed by atoms with Gasteiger partial charge < -0.3 is 34.1 Å². The Morgan fingerprint density at radius 1 is 0.795 bits per heavy atom. The molecule has 1 N–H and O–H groups in total. The van der Waals surface area contributed by atoms with E-state index in [4.69, 9.17) is 18.9 Å². The number of hydrogen-bond acceptors (Lipinski definition) is 8. The fraction of sp³-hybridized carbons (Fsp3) is 0.724. The summed E-state index contributed by atoms with van der Waals surface area (Å²) in [6.07, 6.45) is 1.75. The van der Waals surface area contributed by atoms with Crippen LogP contribution >= 0.6 is 0 Å². The summed E-state index contributed by atoms with van der Waals surface area (Å²) in [7, 11) is 5.86. The smallest absolute Gasteiger partial charge is 0.260 e. The molecule has 0 heterocycles. The second kappa shape index (κ2) is 20.6. The van der Waals surface area contributed by atoms with Crippen LogP contribution in [0.25, 0.3) is 0 Å². The molecule has 0 saturated heterocycles. The molecule has 0 radical (unpaired) electrons. The van der Waals surface area contributed by atoms with Gasteiger partial charge in [0.05, 0.1) is 33.0 Å². The Morgan fingerprint density at radius 3 is 1.82 bits per heavy atom. The third-order valence-electron chi connectivity index (χ3n) is 6.24. The van der Waals surface area contributed by atoms with Gasteiger partial charge in [-0.25, -0.2) is 0 Å². The molecule has 0 unspecified atom stereocenters. The van der Waals surface area contributed by atoms with Crippen LogP contribution in [-0.4, -0.2) is 127 Å². The van der Waals surface area contributed by atoms with E-state index < -0.39 is 0 Å². The van der Waals surface area contributed by atoms with E-state index in [0.717, 1.165) is 55.9 Å². The number of carbonyl (C=O) groups is 2. The van der Waals surface area contributed by atoms with Gasteiger partial charge in [-0.15, -0.1) is 0 Å². The first-order valence-corrected chi connectivity index (χ1v) is 14.1. The molecule has 2 amide bonds. The van der Waals surface area contributed by atoms with Crippen molar-refractivity contribution in [1.29, 1.82) is 0 Å². The zero-order valence-corrected chi connectivity index (χ0v) is 25.3. The summed E-state index contributed by atoms with van der Waals surface area (Å²) in [5, 5.41) is 3.01. The first-order valence-electron chi connectivity index (χ1n) is 14.1. The van der Waals surface area contributed by atoms with E-state index in [-0.39, 0.29) is 18.4 Å². The number of nitrogens with zero attached hydrogens (tertiary/aromatic N) is 3. The van der Waals surface area contributed by atoms with Gasteiger partial charge in [-0.3, -0.25) is 14.5 Å². The maximum atomic E-state index is 12.5. The number of benzene rings is 1. The largest absolute Gasteiger partial charge is 0.484 e. The van der Waals surface area contributed by atoms with E-state index in [1.165, 1.54) is 0 Å². The lowest BCUT2D eigenvalue weighted by molar-refractivity contribution is -0.132. The van der Waals surface area contributed by atoms with Gasteiger partial charge >= 0.3 is 0 Å². The maximum Gasteiger partial charge on any atom is 0.260 e. The molecular weight excluding hydrogens is 500 g/mol. The third-order valence-corrected chi connectivity index (χ3v) is 6.24. The van der Waals surface area contributed by atoms with Crippen molar-refractivity contribution in [2.45, 2.75) is 40.5 Å². The molecule has 0 spiro atoms. The highest BCUT2D eigenvalue weighted by molar-refractivity contribution is 5.94. The lowest BCUT2D eigenvalue weighted by Gasteiger charge is -2.20. The van der Waals surface area contributed by atoms with Gasteiger partial charge in [-0.2, -0.15) is 0 Å². The molecule has 0 aliphatic heterocycles. The quantitative estimate of drug-likeness (QED) is 0.220. The second-order valence-corrected chi connectivity index (χ2v) is 9.89. The molecule has 0 aromatic heterocycles. The molecule has 0 atom stereocenters. The molecule has 0 fully saturated rings. The van der Waals surface area contributed by atoms with Crippen LogP contribution < -0.4 is 10.1 Å². The molecular formula is C29H52N4O6. The summed E-state index contributed by atoms with van der Waals surface area (Å²) < 4.78 is 22.4. The van der Waals surface area contributed by atoms with Crippen molar-refractivity contribution < 1.29 is 28.5 Å². The number of aryl methyl sites for hydroxylation is 2. The van der Waals surface area contributed by atoms with Crippen molar-refractivity contribution >= 4 is 17.5 Å². The van der Waals surface area contributed by atoms with E-state index >= 15 is 0 Å². The Labute approximate surface area is 235 Å². The Bertz CT molecular complexity index is 809. The highest BCUT2D eigenvalue weighted by Gasteiger charge is 2.14. The highest BCUT2D eigenvalue weighted by atomic mass is 16.5. The average molecular weight is 553 g/mol. The minimum Gasteiger partial charge on any atom is -0.484 e. The fourth-order valence-electron chi connectivity index (χ4n) is 3.84. The molecule has 10 heteroatoms. The molecule has 224 valence electrons. The summed E-state index contributed by atoms with van der Waals surface area (Å²) >= 11 is 0. The fourth-order valence-corrected chi connectivity index (χ4v) is 3.84. The number of likely N-dealkylation sites (N-methyl/N-ethyl adjacent to an activating group) is 2. The zero-order chi connectivity index (χ0) is 29.0. The molecule has 39 heavy (non-hydrogen) atoms. The van der Waals surface area contributed by atoms with Crippen LogP contribution in [0.2, 0.25) is 0 Å². The van der Waals surface area contributed by atoms with Crippen molar-refractivity contribution in [2.75, 3.05) is 105 Å². The Balaban J connectivity index is 2.21. The van der Waals surface area contributed by atoms with Crippen LogP contribution in [0.5, 0.6) is 5.75 Å². The summed E-state index contributed by atoms with van der Waals surface area (Å²) in [4.78, 5) is 30.7. The number of rotatable bonds is 22. The minimum atomic E-state index is -0.101. The molecule has 1 aromatic carbocycles. The summed E-state index contributed by atoms with van der Waals surface area (Å²) in [6.45, 7) is 15.0. The van der Waals surface area contributed by atoms with Crippen molar-refractivity contribution in [1.82, 2.24) is 14.7 Å². The Kier molecular flexibility index (Phi) is 18.4. The van der Waals surface area contributed by atoms with Crippen LogP contribution in [-0.2, 0) is 23.8 Å². The predicted molar refractivity (Wildman–Crippen MR) is 156 cm³/mol. The van der Waals surface area contributed by atoms with Gasteiger partial charge in [0.25, 0.3) is 5.91 Å². The lowest BCUT2D eigenvalue weighted by Crippen LogP contribution is -2.33. The van der Waals surface area contributed by atoms with Crippen LogP contribution in [0, 0.1) is 13.8 Å².